The molecule has 0 radical (unpaired) electrons. The lowest BCUT2D eigenvalue weighted by molar-refractivity contribution is 0.0463. The Labute approximate surface area is 174 Å². The van der Waals surface area contributed by atoms with Gasteiger partial charge in [-0.2, -0.15) is 0 Å². The number of thiazole rings is 1. The van der Waals surface area contributed by atoms with Crippen molar-refractivity contribution in [3.05, 3.63) is 41.2 Å². The number of hydrogen-bond donors (Lipinski definition) is 1. The van der Waals surface area contributed by atoms with Crippen LogP contribution in [0.25, 0.3) is 10.6 Å². The average molecular weight is 420 g/mol. The van der Waals surface area contributed by atoms with Crippen LogP contribution in [0.4, 0.5) is 9.18 Å². The number of hydrogen-bond acceptors (Lipinski definition) is 5. The Balaban J connectivity index is 1.68. The van der Waals surface area contributed by atoms with Crippen LogP contribution in [0.3, 0.4) is 0 Å². The molecule has 1 aromatic heterocycles. The van der Waals surface area contributed by atoms with Gasteiger partial charge in [0.2, 0.25) is 0 Å². The molecule has 2 amide bonds. The summed E-state index contributed by atoms with van der Waals surface area (Å²) < 4.78 is 19.3. The van der Waals surface area contributed by atoms with E-state index in [0.717, 1.165) is 19.3 Å². The van der Waals surface area contributed by atoms with Crippen LogP contribution in [0.2, 0.25) is 0 Å². The minimum absolute atomic E-state index is 0.109. The number of benzene rings is 1. The lowest BCUT2D eigenvalue weighted by atomic mass is 10.0. The highest BCUT2D eigenvalue weighted by atomic mass is 32.1. The second-order valence-electron chi connectivity index (χ2n) is 8.04. The molecule has 1 fully saturated rings. The molecule has 0 spiro atoms. The number of nitrogens with zero attached hydrogens (tertiary/aromatic N) is 2. The molecule has 2 aromatic rings. The number of nitrogens with one attached hydrogen (secondary N) is 1. The predicted molar refractivity (Wildman–Crippen MR) is 110 cm³/mol. The maximum absolute atomic E-state index is 14.0. The standard InChI is InChI=1S/C21H26FN3O3S/c1-21(2,3)28-20(27)24-12-14-8-6-7-11-25(14)19(26)17-13-23-18(29-17)15-9-4-5-10-16(15)22/h4-5,9-10,13-14H,6-8,11-12H2,1-3H3,(H,24,27). The predicted octanol–water partition coefficient (Wildman–Crippen LogP) is 4.47. The third-order valence-corrected chi connectivity index (χ3v) is 5.61. The Morgan fingerprint density at radius 2 is 2.07 bits per heavy atom. The Kier molecular flexibility index (Phi) is 6.52. The first-order valence-electron chi connectivity index (χ1n) is 9.73. The highest BCUT2D eigenvalue weighted by Gasteiger charge is 2.29. The first kappa shape index (κ1) is 21.2. The zero-order valence-electron chi connectivity index (χ0n) is 16.9. The Morgan fingerprint density at radius 1 is 1.31 bits per heavy atom. The lowest BCUT2D eigenvalue weighted by Gasteiger charge is -2.35. The van der Waals surface area contributed by atoms with Crippen molar-refractivity contribution in [2.45, 2.75) is 51.7 Å². The molecule has 1 N–H and O–H groups in total. The van der Waals surface area contributed by atoms with Crippen molar-refractivity contribution in [3.8, 4) is 10.6 Å². The second-order valence-corrected chi connectivity index (χ2v) is 9.07. The zero-order chi connectivity index (χ0) is 21.0. The molecule has 156 valence electrons. The topological polar surface area (TPSA) is 71.5 Å². The summed E-state index contributed by atoms with van der Waals surface area (Å²) in [5, 5.41) is 3.25. The van der Waals surface area contributed by atoms with Crippen molar-refractivity contribution in [1.29, 1.82) is 0 Å². The number of piperidine rings is 1. The second kappa shape index (κ2) is 8.90. The van der Waals surface area contributed by atoms with E-state index < -0.39 is 11.7 Å². The summed E-state index contributed by atoms with van der Waals surface area (Å²) in [5.41, 5.74) is -0.184. The van der Waals surface area contributed by atoms with Crippen LogP contribution in [-0.2, 0) is 4.74 Å². The van der Waals surface area contributed by atoms with Gasteiger partial charge in [-0.05, 0) is 52.2 Å². The molecule has 1 aliphatic heterocycles. The Bertz CT molecular complexity index is 878. The summed E-state index contributed by atoms with van der Waals surface area (Å²) in [6.07, 6.45) is 3.72. The molecule has 1 atom stereocenters. The SMILES string of the molecule is CC(C)(C)OC(=O)NCC1CCCCN1C(=O)c1cnc(-c2ccccc2F)s1. The van der Waals surface area contributed by atoms with E-state index in [0.29, 0.717) is 28.5 Å². The Hall–Kier alpha value is -2.48. The number of ether oxygens (including phenoxy) is 1. The number of amides is 2. The van der Waals surface area contributed by atoms with Crippen LogP contribution in [0.15, 0.2) is 30.5 Å². The molecular formula is C21H26FN3O3S. The number of alkyl carbamates (subject to hydrolysis) is 1. The molecule has 1 aliphatic rings. The fourth-order valence-corrected chi connectivity index (χ4v) is 4.17. The molecular weight excluding hydrogens is 393 g/mol. The van der Waals surface area contributed by atoms with E-state index in [4.69, 9.17) is 4.74 Å². The van der Waals surface area contributed by atoms with Crippen molar-refractivity contribution in [1.82, 2.24) is 15.2 Å². The van der Waals surface area contributed by atoms with Crippen molar-refractivity contribution in [3.63, 3.8) is 0 Å². The van der Waals surface area contributed by atoms with Crippen LogP contribution < -0.4 is 5.32 Å². The fourth-order valence-electron chi connectivity index (χ4n) is 3.27. The molecule has 0 saturated carbocycles. The number of rotatable bonds is 4. The molecule has 29 heavy (non-hydrogen) atoms. The van der Waals surface area contributed by atoms with Crippen LogP contribution in [0.1, 0.15) is 49.7 Å². The third-order valence-electron chi connectivity index (χ3n) is 4.59. The summed E-state index contributed by atoms with van der Waals surface area (Å²) in [6, 6.07) is 6.28. The summed E-state index contributed by atoms with van der Waals surface area (Å²) >= 11 is 1.18. The van der Waals surface area contributed by atoms with Crippen molar-refractivity contribution >= 4 is 23.3 Å². The lowest BCUT2D eigenvalue weighted by Crippen LogP contribution is -2.49. The summed E-state index contributed by atoms with van der Waals surface area (Å²) in [7, 11) is 0. The van der Waals surface area contributed by atoms with Crippen molar-refractivity contribution < 1.29 is 18.7 Å². The molecule has 0 aliphatic carbocycles. The quantitative estimate of drug-likeness (QED) is 0.794. The van der Waals surface area contributed by atoms with E-state index in [1.54, 1.807) is 43.9 Å². The fraction of sp³-hybridized carbons (Fsp3) is 0.476. The largest absolute Gasteiger partial charge is 0.444 e. The van der Waals surface area contributed by atoms with E-state index >= 15 is 0 Å². The molecule has 0 bridgehead atoms. The van der Waals surface area contributed by atoms with Gasteiger partial charge in [0.05, 0.1) is 6.20 Å². The van der Waals surface area contributed by atoms with Crippen LogP contribution >= 0.6 is 11.3 Å². The van der Waals surface area contributed by atoms with Crippen LogP contribution in [-0.4, -0.2) is 46.6 Å². The zero-order valence-corrected chi connectivity index (χ0v) is 17.7. The van der Waals surface area contributed by atoms with E-state index in [1.165, 1.54) is 23.6 Å². The van der Waals surface area contributed by atoms with Crippen molar-refractivity contribution in [2.75, 3.05) is 13.1 Å². The van der Waals surface area contributed by atoms with Gasteiger partial charge in [-0.25, -0.2) is 14.2 Å². The van der Waals surface area contributed by atoms with Gasteiger partial charge in [-0.15, -0.1) is 11.3 Å². The minimum atomic E-state index is -0.572. The van der Waals surface area contributed by atoms with E-state index in [1.807, 2.05) is 0 Å². The third kappa shape index (κ3) is 5.53. The monoisotopic (exact) mass is 419 g/mol. The molecule has 1 unspecified atom stereocenters. The van der Waals surface area contributed by atoms with Gasteiger partial charge in [0.1, 0.15) is 21.3 Å². The van der Waals surface area contributed by atoms with Gasteiger partial charge in [0.15, 0.2) is 0 Å². The molecule has 1 saturated heterocycles. The van der Waals surface area contributed by atoms with E-state index in [-0.39, 0.29) is 17.8 Å². The number of carbonyl (C=O) groups is 2. The number of aromatic nitrogens is 1. The van der Waals surface area contributed by atoms with E-state index in [2.05, 4.69) is 10.3 Å². The first-order valence-corrected chi connectivity index (χ1v) is 10.5. The van der Waals surface area contributed by atoms with Gasteiger partial charge in [-0.3, -0.25) is 4.79 Å². The highest BCUT2D eigenvalue weighted by Crippen LogP contribution is 2.29. The molecule has 2 heterocycles. The number of halogens is 1. The summed E-state index contributed by atoms with van der Waals surface area (Å²) in [6.45, 7) is 6.37. The van der Waals surface area contributed by atoms with E-state index in [9.17, 15) is 14.0 Å². The van der Waals surface area contributed by atoms with Crippen LogP contribution in [0.5, 0.6) is 0 Å². The van der Waals surface area contributed by atoms with Gasteiger partial charge >= 0.3 is 6.09 Å². The maximum Gasteiger partial charge on any atom is 0.407 e. The minimum Gasteiger partial charge on any atom is -0.444 e. The Morgan fingerprint density at radius 3 is 2.79 bits per heavy atom. The summed E-state index contributed by atoms with van der Waals surface area (Å²) in [4.78, 5) is 31.5. The average Bonchev–Trinajstić information content (AvgIpc) is 3.15. The van der Waals surface area contributed by atoms with Gasteiger partial charge in [0, 0.05) is 24.7 Å². The first-order chi connectivity index (χ1) is 13.7. The molecule has 1 aromatic carbocycles. The van der Waals surface area contributed by atoms with Gasteiger partial charge in [-0.1, -0.05) is 12.1 Å². The number of likely N-dealkylation sites (tertiary alicyclic amines) is 1. The number of carbonyl (C=O) groups excluding carboxylic acids is 2. The maximum atomic E-state index is 14.0. The highest BCUT2D eigenvalue weighted by molar-refractivity contribution is 7.16. The molecule has 6 nitrogen and oxygen atoms in total. The normalized spacial score (nSPS) is 17.1. The molecule has 3 rings (SSSR count). The van der Waals surface area contributed by atoms with Crippen LogP contribution in [0, 0.1) is 5.82 Å². The smallest absolute Gasteiger partial charge is 0.407 e. The van der Waals surface area contributed by atoms with Gasteiger partial charge < -0.3 is 15.0 Å². The molecule has 8 heteroatoms. The summed E-state index contributed by atoms with van der Waals surface area (Å²) in [5.74, 6) is -0.501. The van der Waals surface area contributed by atoms with Crippen molar-refractivity contribution in [2.24, 2.45) is 0 Å². The van der Waals surface area contributed by atoms with Gasteiger partial charge in [0.25, 0.3) is 5.91 Å².